The number of amides is 1. The Morgan fingerprint density at radius 1 is 1.06 bits per heavy atom. The first kappa shape index (κ1) is 23.0. The molecule has 0 N–H and O–H groups in total. The van der Waals surface area contributed by atoms with Crippen molar-refractivity contribution in [2.75, 3.05) is 34.5 Å². The maximum absolute atomic E-state index is 13.7. The quantitative estimate of drug-likeness (QED) is 0.483. The van der Waals surface area contributed by atoms with Gasteiger partial charge in [-0.2, -0.15) is 0 Å². The molecule has 1 aliphatic heterocycles. The predicted molar refractivity (Wildman–Crippen MR) is 126 cm³/mol. The largest absolute Gasteiger partial charge is 0.493 e. The molecule has 176 valence electrons. The fourth-order valence-electron chi connectivity index (χ4n) is 4.38. The smallest absolute Gasteiger partial charge is 0.290 e. The summed E-state index contributed by atoms with van der Waals surface area (Å²) in [5, 5.41) is 0.953. The van der Waals surface area contributed by atoms with Gasteiger partial charge in [-0.3, -0.25) is 4.79 Å². The van der Waals surface area contributed by atoms with Crippen LogP contribution in [-0.2, 0) is 11.3 Å². The van der Waals surface area contributed by atoms with Gasteiger partial charge in [0.25, 0.3) is 5.91 Å². The van der Waals surface area contributed by atoms with Crippen LogP contribution in [0.4, 0.5) is 0 Å². The fraction of sp³-hybridized carbons (Fsp3) is 0.423. The van der Waals surface area contributed by atoms with Crippen LogP contribution in [0.5, 0.6) is 17.2 Å². The van der Waals surface area contributed by atoms with Crippen molar-refractivity contribution >= 4 is 16.9 Å². The highest BCUT2D eigenvalue weighted by molar-refractivity contribution is 5.99. The van der Waals surface area contributed by atoms with E-state index in [1.807, 2.05) is 44.2 Å². The molecule has 1 fully saturated rings. The molecule has 7 nitrogen and oxygen atoms in total. The van der Waals surface area contributed by atoms with Crippen LogP contribution in [0.2, 0.25) is 0 Å². The summed E-state index contributed by atoms with van der Waals surface area (Å²) in [6.07, 6.45) is 1.93. The van der Waals surface area contributed by atoms with Crippen LogP contribution >= 0.6 is 0 Å². The SMILES string of the molecule is COc1cc(CN(C[C@@H]2CCCO2)C(=O)c2oc3cc(C)ccc3c2C)cc(OC)c1OC. The monoisotopic (exact) mass is 453 g/mol. The summed E-state index contributed by atoms with van der Waals surface area (Å²) in [6.45, 7) is 5.49. The number of carbonyl (C=O) groups excluding carboxylic acids is 1. The highest BCUT2D eigenvalue weighted by Crippen LogP contribution is 2.39. The second kappa shape index (κ2) is 9.75. The highest BCUT2D eigenvalue weighted by atomic mass is 16.5. The van der Waals surface area contributed by atoms with Gasteiger partial charge < -0.3 is 28.3 Å². The average Bonchev–Trinajstić information content (AvgIpc) is 3.44. The zero-order valence-electron chi connectivity index (χ0n) is 19.9. The third kappa shape index (κ3) is 4.64. The maximum atomic E-state index is 13.7. The summed E-state index contributed by atoms with van der Waals surface area (Å²) in [5.74, 6) is 1.81. The number of fused-ring (bicyclic) bond motifs is 1. The summed E-state index contributed by atoms with van der Waals surface area (Å²) < 4.78 is 28.3. The van der Waals surface area contributed by atoms with Crippen LogP contribution in [0.3, 0.4) is 0 Å². The first-order valence-corrected chi connectivity index (χ1v) is 11.1. The molecule has 0 unspecified atom stereocenters. The second-order valence-corrected chi connectivity index (χ2v) is 8.41. The van der Waals surface area contributed by atoms with Gasteiger partial charge in [-0.15, -0.1) is 0 Å². The normalized spacial score (nSPS) is 15.6. The minimum atomic E-state index is -0.161. The molecule has 7 heteroatoms. The van der Waals surface area contributed by atoms with Gasteiger partial charge in [0.05, 0.1) is 27.4 Å². The minimum Gasteiger partial charge on any atom is -0.493 e. The molecule has 1 aliphatic rings. The number of ether oxygens (including phenoxy) is 4. The number of aryl methyl sites for hydroxylation is 2. The molecule has 0 radical (unpaired) electrons. The van der Waals surface area contributed by atoms with Gasteiger partial charge >= 0.3 is 0 Å². The second-order valence-electron chi connectivity index (χ2n) is 8.41. The van der Waals surface area contributed by atoms with Crippen molar-refractivity contribution in [3.63, 3.8) is 0 Å². The van der Waals surface area contributed by atoms with Gasteiger partial charge in [0.1, 0.15) is 5.58 Å². The van der Waals surface area contributed by atoms with Crippen LogP contribution in [-0.4, -0.2) is 51.4 Å². The molecule has 1 atom stereocenters. The Morgan fingerprint density at radius 2 is 1.79 bits per heavy atom. The summed E-state index contributed by atoms with van der Waals surface area (Å²) in [6, 6.07) is 9.73. The molecule has 4 rings (SSSR count). The number of hydrogen-bond donors (Lipinski definition) is 0. The van der Waals surface area contributed by atoms with Crippen LogP contribution in [0.25, 0.3) is 11.0 Å². The van der Waals surface area contributed by atoms with E-state index in [0.29, 0.717) is 36.1 Å². The summed E-state index contributed by atoms with van der Waals surface area (Å²) >= 11 is 0. The van der Waals surface area contributed by atoms with Gasteiger partial charge in [-0.1, -0.05) is 12.1 Å². The topological polar surface area (TPSA) is 70.4 Å². The molecule has 0 saturated carbocycles. The average molecular weight is 454 g/mol. The third-order valence-corrected chi connectivity index (χ3v) is 6.12. The van der Waals surface area contributed by atoms with Crippen molar-refractivity contribution in [3.8, 4) is 17.2 Å². The Morgan fingerprint density at radius 3 is 2.39 bits per heavy atom. The molecule has 33 heavy (non-hydrogen) atoms. The zero-order valence-corrected chi connectivity index (χ0v) is 19.9. The van der Waals surface area contributed by atoms with E-state index < -0.39 is 0 Å². The summed E-state index contributed by atoms with van der Waals surface area (Å²) in [7, 11) is 4.73. The summed E-state index contributed by atoms with van der Waals surface area (Å²) in [4.78, 5) is 15.5. The minimum absolute atomic E-state index is 0.00270. The van der Waals surface area contributed by atoms with Crippen LogP contribution < -0.4 is 14.2 Å². The van der Waals surface area contributed by atoms with Crippen LogP contribution in [0, 0.1) is 13.8 Å². The number of benzene rings is 2. The highest BCUT2D eigenvalue weighted by Gasteiger charge is 2.28. The van der Waals surface area contributed by atoms with Crippen molar-refractivity contribution in [1.82, 2.24) is 4.90 Å². The first-order chi connectivity index (χ1) is 15.9. The Bertz CT molecular complexity index is 1120. The molecule has 0 spiro atoms. The number of carbonyl (C=O) groups is 1. The number of furan rings is 1. The number of nitrogens with zero attached hydrogens (tertiary/aromatic N) is 1. The molecular formula is C26H31NO6. The lowest BCUT2D eigenvalue weighted by molar-refractivity contribution is 0.0484. The molecular weight excluding hydrogens is 422 g/mol. The molecule has 2 aromatic carbocycles. The van der Waals surface area contributed by atoms with Crippen LogP contribution in [0.1, 0.15) is 40.1 Å². The summed E-state index contributed by atoms with van der Waals surface area (Å²) in [5.41, 5.74) is 3.52. The van der Waals surface area contributed by atoms with Crippen molar-refractivity contribution in [1.29, 1.82) is 0 Å². The van der Waals surface area contributed by atoms with E-state index in [0.717, 1.165) is 47.1 Å². The van der Waals surface area contributed by atoms with E-state index in [4.69, 9.17) is 23.4 Å². The van der Waals surface area contributed by atoms with Gasteiger partial charge in [-0.05, 0) is 56.0 Å². The van der Waals surface area contributed by atoms with Crippen molar-refractivity contribution in [2.24, 2.45) is 0 Å². The zero-order chi connectivity index (χ0) is 23.5. The Balaban J connectivity index is 1.70. The van der Waals surface area contributed by atoms with E-state index in [-0.39, 0.29) is 12.0 Å². The lowest BCUT2D eigenvalue weighted by Crippen LogP contribution is -2.37. The standard InChI is InChI=1S/C26H31NO6/c1-16-8-9-20-17(2)24(33-21(20)11-16)26(28)27(15-19-7-6-10-32-19)14-18-12-22(29-3)25(31-5)23(13-18)30-4/h8-9,11-13,19H,6-7,10,14-15H2,1-5H3/t19-/m0/s1. The number of rotatable bonds is 8. The van der Waals surface area contributed by atoms with Gasteiger partial charge in [0, 0.05) is 30.6 Å². The van der Waals surface area contributed by atoms with E-state index in [9.17, 15) is 4.79 Å². The lowest BCUT2D eigenvalue weighted by Gasteiger charge is -2.26. The van der Waals surface area contributed by atoms with Crippen molar-refractivity contribution in [3.05, 3.63) is 52.8 Å². The molecule has 3 aromatic rings. The number of hydrogen-bond acceptors (Lipinski definition) is 6. The molecule has 1 amide bonds. The lowest BCUT2D eigenvalue weighted by atomic mass is 10.1. The Hall–Kier alpha value is -3.19. The van der Waals surface area contributed by atoms with Crippen LogP contribution in [0.15, 0.2) is 34.7 Å². The van der Waals surface area contributed by atoms with Crippen molar-refractivity contribution < 1.29 is 28.2 Å². The Kier molecular flexibility index (Phi) is 6.79. The van der Waals surface area contributed by atoms with Gasteiger partial charge in [0.15, 0.2) is 17.3 Å². The molecule has 2 heterocycles. The molecule has 1 aromatic heterocycles. The first-order valence-electron chi connectivity index (χ1n) is 11.1. The van der Waals surface area contributed by atoms with Gasteiger partial charge in [-0.25, -0.2) is 0 Å². The fourth-order valence-corrected chi connectivity index (χ4v) is 4.38. The maximum Gasteiger partial charge on any atom is 0.290 e. The third-order valence-electron chi connectivity index (χ3n) is 6.12. The molecule has 1 saturated heterocycles. The predicted octanol–water partition coefficient (Wildman–Crippen LogP) is 4.90. The molecule has 0 bridgehead atoms. The van der Waals surface area contributed by atoms with E-state index in [1.165, 1.54) is 0 Å². The van der Waals surface area contributed by atoms with Crippen molar-refractivity contribution in [2.45, 2.75) is 39.3 Å². The van der Waals surface area contributed by atoms with Gasteiger partial charge in [0.2, 0.25) is 5.75 Å². The van der Waals surface area contributed by atoms with E-state index in [2.05, 4.69) is 0 Å². The van der Waals surface area contributed by atoms with E-state index >= 15 is 0 Å². The molecule has 0 aliphatic carbocycles. The van der Waals surface area contributed by atoms with E-state index in [1.54, 1.807) is 26.2 Å². The Labute approximate surface area is 194 Å². The number of methoxy groups -OCH3 is 3.